The van der Waals surface area contributed by atoms with E-state index in [4.69, 9.17) is 5.11 Å². The fourth-order valence-electron chi connectivity index (χ4n) is 8.73. The minimum atomic E-state index is -0.684. The number of carboxylic acid groups (broad SMARTS) is 1. The van der Waals surface area contributed by atoms with Crippen molar-refractivity contribution >= 4 is 5.97 Å². The molecule has 0 aliphatic heterocycles. The van der Waals surface area contributed by atoms with Crippen molar-refractivity contribution in [1.82, 2.24) is 0 Å². The summed E-state index contributed by atoms with van der Waals surface area (Å²) in [7, 11) is 0. The van der Waals surface area contributed by atoms with Gasteiger partial charge in [0.1, 0.15) is 0 Å². The third kappa shape index (κ3) is 3.14. The maximum atomic E-state index is 11.2. The number of fused-ring (bicyclic) bond motifs is 5. The maximum absolute atomic E-state index is 11.2. The number of rotatable bonds is 4. The second kappa shape index (κ2) is 7.27. The van der Waals surface area contributed by atoms with E-state index in [2.05, 4.69) is 20.8 Å². The Hall–Kier alpha value is -0.610. The Morgan fingerprint density at radius 3 is 2.39 bits per heavy atom. The molecule has 0 spiro atoms. The van der Waals surface area contributed by atoms with Gasteiger partial charge in [0.15, 0.2) is 0 Å². The highest BCUT2D eigenvalue weighted by atomic mass is 16.4. The van der Waals surface area contributed by atoms with Gasteiger partial charge >= 0.3 is 5.97 Å². The van der Waals surface area contributed by atoms with E-state index in [1.165, 1.54) is 25.7 Å². The van der Waals surface area contributed by atoms with Crippen LogP contribution in [0, 0.1) is 46.3 Å². The number of aliphatic hydroxyl groups is 2. The monoisotopic (exact) mass is 392 g/mol. The molecule has 0 radical (unpaired) electrons. The molecule has 0 aromatic carbocycles. The molecule has 0 aromatic rings. The van der Waals surface area contributed by atoms with E-state index >= 15 is 0 Å². The second-order valence-electron chi connectivity index (χ2n) is 11.4. The molecule has 0 amide bonds. The lowest BCUT2D eigenvalue weighted by atomic mass is 9.43. The van der Waals surface area contributed by atoms with Crippen molar-refractivity contribution in [2.45, 2.75) is 97.2 Å². The predicted molar refractivity (Wildman–Crippen MR) is 109 cm³/mol. The SMILES string of the molecule is C[C@H](CCC(=O)O)C1CC[C@H]2[C@@H]3C(O)C[C@@H]4CC(O)CC[C@]4(C)[C@H]3CC[C@]12C. The molecular formula is C24H40O4. The average Bonchev–Trinajstić information content (AvgIpc) is 2.98. The van der Waals surface area contributed by atoms with Crippen LogP contribution in [0.3, 0.4) is 0 Å². The summed E-state index contributed by atoms with van der Waals surface area (Å²) in [6, 6.07) is 0. The number of carboxylic acids is 1. The van der Waals surface area contributed by atoms with Gasteiger partial charge in [-0.15, -0.1) is 0 Å². The maximum Gasteiger partial charge on any atom is 0.303 e. The summed E-state index contributed by atoms with van der Waals surface area (Å²) in [5.74, 6) is 2.36. The van der Waals surface area contributed by atoms with Crippen LogP contribution in [0.15, 0.2) is 0 Å². The smallest absolute Gasteiger partial charge is 0.303 e. The fraction of sp³-hybridized carbons (Fsp3) is 0.958. The number of hydrogen-bond donors (Lipinski definition) is 3. The van der Waals surface area contributed by atoms with Gasteiger partial charge in [0, 0.05) is 6.42 Å². The molecule has 0 aromatic heterocycles. The van der Waals surface area contributed by atoms with E-state index in [1.807, 2.05) is 0 Å². The zero-order chi connectivity index (χ0) is 20.3. The number of hydrogen-bond acceptors (Lipinski definition) is 3. The van der Waals surface area contributed by atoms with Gasteiger partial charge in [-0.3, -0.25) is 4.79 Å². The first-order valence-corrected chi connectivity index (χ1v) is 11.7. The largest absolute Gasteiger partial charge is 0.481 e. The lowest BCUT2D eigenvalue weighted by Gasteiger charge is -2.62. The second-order valence-corrected chi connectivity index (χ2v) is 11.4. The lowest BCUT2D eigenvalue weighted by Crippen LogP contribution is -2.58. The van der Waals surface area contributed by atoms with E-state index in [0.717, 1.165) is 32.1 Å². The van der Waals surface area contributed by atoms with E-state index in [9.17, 15) is 15.0 Å². The summed E-state index contributed by atoms with van der Waals surface area (Å²) in [6.45, 7) is 7.16. The van der Waals surface area contributed by atoms with Crippen molar-refractivity contribution in [3.05, 3.63) is 0 Å². The first kappa shape index (κ1) is 20.7. The summed E-state index contributed by atoms with van der Waals surface area (Å²) < 4.78 is 0. The minimum absolute atomic E-state index is 0.179. The normalized spacial score (nSPS) is 51.7. The van der Waals surface area contributed by atoms with Crippen molar-refractivity contribution in [2.75, 3.05) is 0 Å². The molecule has 160 valence electrons. The van der Waals surface area contributed by atoms with Crippen LogP contribution in [0.1, 0.15) is 85.0 Å². The molecule has 0 heterocycles. The predicted octanol–water partition coefficient (Wildman–Crippen LogP) is 4.48. The average molecular weight is 393 g/mol. The minimum Gasteiger partial charge on any atom is -0.481 e. The Labute approximate surface area is 170 Å². The van der Waals surface area contributed by atoms with Crippen LogP contribution in [0.2, 0.25) is 0 Å². The van der Waals surface area contributed by atoms with Crippen LogP contribution in [0.5, 0.6) is 0 Å². The summed E-state index contributed by atoms with van der Waals surface area (Å²) in [4.78, 5) is 11.1. The molecule has 4 aliphatic rings. The molecule has 4 saturated carbocycles. The van der Waals surface area contributed by atoms with Gasteiger partial charge < -0.3 is 15.3 Å². The summed E-state index contributed by atoms with van der Waals surface area (Å²) in [5, 5.41) is 30.5. The van der Waals surface area contributed by atoms with E-state index in [-0.39, 0.29) is 29.5 Å². The Balaban J connectivity index is 1.55. The Bertz CT molecular complexity index is 605. The van der Waals surface area contributed by atoms with Crippen molar-refractivity contribution in [2.24, 2.45) is 46.3 Å². The molecule has 4 fully saturated rings. The summed E-state index contributed by atoms with van der Waals surface area (Å²) in [5.41, 5.74) is 0.523. The topological polar surface area (TPSA) is 77.8 Å². The highest BCUT2D eigenvalue weighted by Gasteiger charge is 2.62. The third-order valence-electron chi connectivity index (χ3n) is 10.2. The molecule has 4 rings (SSSR count). The molecule has 4 heteroatoms. The van der Waals surface area contributed by atoms with Crippen LogP contribution in [-0.2, 0) is 4.79 Å². The number of aliphatic carboxylic acids is 1. The zero-order valence-corrected chi connectivity index (χ0v) is 17.9. The molecule has 3 unspecified atom stereocenters. The molecule has 4 aliphatic carbocycles. The van der Waals surface area contributed by atoms with Gasteiger partial charge in [0.2, 0.25) is 0 Å². The first-order chi connectivity index (χ1) is 13.2. The Morgan fingerprint density at radius 1 is 1.00 bits per heavy atom. The quantitative estimate of drug-likeness (QED) is 0.659. The van der Waals surface area contributed by atoms with E-state index < -0.39 is 5.97 Å². The van der Waals surface area contributed by atoms with Crippen molar-refractivity contribution < 1.29 is 20.1 Å². The van der Waals surface area contributed by atoms with Gasteiger partial charge in [-0.05, 0) is 104 Å². The standard InChI is InChI=1S/C24H40O4/c1-14(4-7-21(27)28)17-5-6-18-22-19(9-11-24(17,18)3)23(2)10-8-16(25)12-15(23)13-20(22)26/h14-20,22,25-26H,4-13H2,1-3H3,(H,27,28)/t14-,15+,16?,17?,18+,19+,20?,22+,23+,24-/m1/s1. The molecule has 28 heavy (non-hydrogen) atoms. The van der Waals surface area contributed by atoms with Gasteiger partial charge in [0.05, 0.1) is 12.2 Å². The molecule has 3 N–H and O–H groups in total. The van der Waals surface area contributed by atoms with Crippen LogP contribution >= 0.6 is 0 Å². The van der Waals surface area contributed by atoms with Crippen LogP contribution in [0.25, 0.3) is 0 Å². The lowest BCUT2D eigenvalue weighted by molar-refractivity contribution is -0.174. The highest BCUT2D eigenvalue weighted by Crippen LogP contribution is 2.68. The number of carbonyl (C=O) groups is 1. The van der Waals surface area contributed by atoms with E-state index in [1.54, 1.807) is 0 Å². The Morgan fingerprint density at radius 2 is 1.68 bits per heavy atom. The zero-order valence-electron chi connectivity index (χ0n) is 17.9. The van der Waals surface area contributed by atoms with Gasteiger partial charge in [0.25, 0.3) is 0 Å². The molecule has 0 bridgehead atoms. The molecule has 0 saturated heterocycles. The van der Waals surface area contributed by atoms with Crippen molar-refractivity contribution in [3.8, 4) is 0 Å². The Kier molecular flexibility index (Phi) is 5.36. The van der Waals surface area contributed by atoms with Gasteiger partial charge in [-0.1, -0.05) is 20.8 Å². The fourth-order valence-corrected chi connectivity index (χ4v) is 8.73. The number of aliphatic hydroxyl groups excluding tert-OH is 2. The van der Waals surface area contributed by atoms with Crippen LogP contribution < -0.4 is 0 Å². The first-order valence-electron chi connectivity index (χ1n) is 11.7. The van der Waals surface area contributed by atoms with Gasteiger partial charge in [-0.2, -0.15) is 0 Å². The summed E-state index contributed by atoms with van der Waals surface area (Å²) in [6.07, 6.45) is 9.19. The third-order valence-corrected chi connectivity index (χ3v) is 10.2. The highest BCUT2D eigenvalue weighted by molar-refractivity contribution is 5.66. The van der Waals surface area contributed by atoms with Crippen LogP contribution in [0.4, 0.5) is 0 Å². The summed E-state index contributed by atoms with van der Waals surface area (Å²) >= 11 is 0. The van der Waals surface area contributed by atoms with Gasteiger partial charge in [-0.25, -0.2) is 0 Å². The van der Waals surface area contributed by atoms with Crippen molar-refractivity contribution in [1.29, 1.82) is 0 Å². The molecule has 4 nitrogen and oxygen atoms in total. The van der Waals surface area contributed by atoms with Crippen molar-refractivity contribution in [3.63, 3.8) is 0 Å². The van der Waals surface area contributed by atoms with Crippen LogP contribution in [-0.4, -0.2) is 33.5 Å². The molecular weight excluding hydrogens is 352 g/mol. The molecule has 10 atom stereocenters. The van der Waals surface area contributed by atoms with E-state index in [0.29, 0.717) is 35.5 Å².